The summed E-state index contributed by atoms with van der Waals surface area (Å²) >= 11 is 1.35. The van der Waals surface area contributed by atoms with Gasteiger partial charge in [0.25, 0.3) is 11.6 Å². The Bertz CT molecular complexity index is 846. The van der Waals surface area contributed by atoms with E-state index in [9.17, 15) is 19.7 Å². The molecule has 0 spiro atoms. The molecule has 9 nitrogen and oxygen atoms in total. The second-order valence-electron chi connectivity index (χ2n) is 5.29. The number of hydrogen-bond donors (Lipinski definition) is 2. The lowest BCUT2D eigenvalue weighted by Gasteiger charge is -2.09. The first-order chi connectivity index (χ1) is 12.0. The van der Waals surface area contributed by atoms with Gasteiger partial charge in [0.15, 0.2) is 5.13 Å². The Morgan fingerprint density at radius 3 is 2.73 bits per heavy atom. The molecule has 0 saturated heterocycles. The third kappa shape index (κ3) is 4.15. The number of carbonyl (C=O) groups excluding carboxylic acids is 2. The van der Waals surface area contributed by atoms with E-state index in [1.165, 1.54) is 17.4 Å². The van der Waals surface area contributed by atoms with E-state index >= 15 is 0 Å². The Balaban J connectivity index is 0.00000243. The molecule has 11 heteroatoms. The molecule has 1 amide bonds. The number of ether oxygens (including phenoxy) is 1. The molecule has 0 atom stereocenters. The molecule has 0 fully saturated rings. The number of hydrogen-bond acceptors (Lipinski definition) is 8. The van der Waals surface area contributed by atoms with Crippen molar-refractivity contribution in [1.29, 1.82) is 0 Å². The maximum Gasteiger partial charge on any atom is 0.338 e. The number of non-ortho nitro benzene ring substituents is 1. The van der Waals surface area contributed by atoms with E-state index in [2.05, 4.69) is 20.4 Å². The highest BCUT2D eigenvalue weighted by Gasteiger charge is 2.20. The Morgan fingerprint density at radius 1 is 1.35 bits per heavy atom. The molecule has 1 aliphatic heterocycles. The highest BCUT2D eigenvalue weighted by molar-refractivity contribution is 7.15. The van der Waals surface area contributed by atoms with Crippen LogP contribution in [0.2, 0.25) is 0 Å². The average Bonchev–Trinajstić information content (AvgIpc) is 3.02. The van der Waals surface area contributed by atoms with Gasteiger partial charge in [0.05, 0.1) is 23.3 Å². The smallest absolute Gasteiger partial charge is 0.338 e. The highest BCUT2D eigenvalue weighted by atomic mass is 35.5. The van der Waals surface area contributed by atoms with Gasteiger partial charge in [-0.3, -0.25) is 20.2 Å². The Morgan fingerprint density at radius 2 is 2.08 bits per heavy atom. The van der Waals surface area contributed by atoms with Gasteiger partial charge in [-0.1, -0.05) is 0 Å². The van der Waals surface area contributed by atoms with Gasteiger partial charge in [0.1, 0.15) is 0 Å². The lowest BCUT2D eigenvalue weighted by Crippen LogP contribution is -2.22. The van der Waals surface area contributed by atoms with Crippen LogP contribution in [0.15, 0.2) is 18.2 Å². The number of amides is 1. The van der Waals surface area contributed by atoms with E-state index in [-0.39, 0.29) is 29.2 Å². The third-order valence-corrected chi connectivity index (χ3v) is 4.65. The summed E-state index contributed by atoms with van der Waals surface area (Å²) in [5, 5.41) is 17.3. The highest BCUT2D eigenvalue weighted by Crippen LogP contribution is 2.26. The number of rotatable bonds is 4. The summed E-state index contributed by atoms with van der Waals surface area (Å²) in [5.41, 5.74) is 0.495. The first-order valence-corrected chi connectivity index (χ1v) is 8.18. The van der Waals surface area contributed by atoms with Crippen molar-refractivity contribution in [3.63, 3.8) is 0 Å². The number of nitro benzene ring substituents is 1. The molecule has 2 N–H and O–H groups in total. The van der Waals surface area contributed by atoms with Gasteiger partial charge in [0, 0.05) is 42.1 Å². The summed E-state index contributed by atoms with van der Waals surface area (Å²) in [5.74, 6) is -1.33. The molecule has 0 radical (unpaired) electrons. The summed E-state index contributed by atoms with van der Waals surface area (Å²) < 4.78 is 4.57. The fourth-order valence-electron chi connectivity index (χ4n) is 2.43. The quantitative estimate of drug-likeness (QED) is 0.459. The van der Waals surface area contributed by atoms with Crippen LogP contribution in [0.25, 0.3) is 0 Å². The van der Waals surface area contributed by atoms with Gasteiger partial charge < -0.3 is 10.1 Å². The number of thiazole rings is 1. The first kappa shape index (κ1) is 19.8. The number of benzene rings is 1. The van der Waals surface area contributed by atoms with Gasteiger partial charge in [-0.05, 0) is 6.07 Å². The summed E-state index contributed by atoms with van der Waals surface area (Å²) in [6.07, 6.45) is 0.783. The van der Waals surface area contributed by atoms with Crippen LogP contribution in [0.4, 0.5) is 10.8 Å². The second kappa shape index (κ2) is 8.21. The van der Waals surface area contributed by atoms with Crippen LogP contribution in [-0.4, -0.2) is 35.4 Å². The number of halogens is 1. The Hall–Kier alpha value is -2.56. The molecule has 1 aliphatic rings. The van der Waals surface area contributed by atoms with Crippen molar-refractivity contribution >= 4 is 46.4 Å². The van der Waals surface area contributed by atoms with Crippen LogP contribution >= 0.6 is 23.7 Å². The van der Waals surface area contributed by atoms with Gasteiger partial charge >= 0.3 is 5.97 Å². The molecular weight excluding hydrogens is 384 g/mol. The molecule has 3 rings (SSSR count). The summed E-state index contributed by atoms with van der Waals surface area (Å²) in [6, 6.07) is 3.43. The van der Waals surface area contributed by atoms with Crippen LogP contribution in [0.3, 0.4) is 0 Å². The number of aromatic nitrogens is 1. The molecule has 1 aromatic heterocycles. The maximum absolute atomic E-state index is 12.4. The molecular formula is C15H15ClN4O5S. The van der Waals surface area contributed by atoms with Crippen LogP contribution in [-0.2, 0) is 17.7 Å². The van der Waals surface area contributed by atoms with Crippen molar-refractivity contribution in [2.75, 3.05) is 19.0 Å². The van der Waals surface area contributed by atoms with Crippen LogP contribution in [0.5, 0.6) is 0 Å². The minimum absolute atomic E-state index is 0. The molecule has 2 aromatic rings. The van der Waals surface area contributed by atoms with Crippen molar-refractivity contribution < 1.29 is 19.2 Å². The normalized spacial score (nSPS) is 12.5. The van der Waals surface area contributed by atoms with Gasteiger partial charge in [0.2, 0.25) is 0 Å². The molecule has 138 valence electrons. The Labute approximate surface area is 158 Å². The molecule has 0 aliphatic carbocycles. The lowest BCUT2D eigenvalue weighted by molar-refractivity contribution is -0.384. The summed E-state index contributed by atoms with van der Waals surface area (Å²) in [6.45, 7) is 1.53. The number of nitrogens with one attached hydrogen (secondary N) is 2. The largest absolute Gasteiger partial charge is 0.465 e. The zero-order valence-corrected chi connectivity index (χ0v) is 15.2. The zero-order valence-electron chi connectivity index (χ0n) is 13.6. The van der Waals surface area contributed by atoms with Crippen molar-refractivity contribution in [1.82, 2.24) is 10.3 Å². The minimum Gasteiger partial charge on any atom is -0.465 e. The average molecular weight is 399 g/mol. The maximum atomic E-state index is 12.4. The molecule has 2 heterocycles. The summed E-state index contributed by atoms with van der Waals surface area (Å²) in [7, 11) is 1.16. The topological polar surface area (TPSA) is 123 Å². The molecule has 1 aromatic carbocycles. The van der Waals surface area contributed by atoms with Crippen LogP contribution in [0, 0.1) is 10.1 Å². The Kier molecular flexibility index (Phi) is 6.24. The number of methoxy groups -OCH3 is 1. The number of nitro groups is 1. The van der Waals surface area contributed by atoms with Gasteiger partial charge in [-0.2, -0.15) is 0 Å². The fourth-order valence-corrected chi connectivity index (χ4v) is 3.40. The van der Waals surface area contributed by atoms with Gasteiger partial charge in [-0.25, -0.2) is 9.78 Å². The number of nitrogens with zero attached hydrogens (tertiary/aromatic N) is 2. The van der Waals surface area contributed by atoms with Gasteiger partial charge in [-0.15, -0.1) is 23.7 Å². The minimum atomic E-state index is -0.756. The van der Waals surface area contributed by atoms with Crippen molar-refractivity contribution in [3.8, 4) is 0 Å². The standard InChI is InChI=1S/C15H14N4O5S.ClH/c1-24-14(21)9-4-8(5-10(6-9)19(22)23)13(20)18-15-17-11-2-3-16-7-12(11)25-15;/h4-6,16H,2-3,7H2,1H3,(H,17,18,20);1H. The number of anilines is 1. The monoisotopic (exact) mass is 398 g/mol. The fraction of sp³-hybridized carbons (Fsp3) is 0.267. The van der Waals surface area contributed by atoms with Crippen LogP contribution < -0.4 is 10.6 Å². The van der Waals surface area contributed by atoms with E-state index in [4.69, 9.17) is 0 Å². The van der Waals surface area contributed by atoms with E-state index in [1.54, 1.807) is 0 Å². The number of fused-ring (bicyclic) bond motifs is 1. The first-order valence-electron chi connectivity index (χ1n) is 7.36. The zero-order chi connectivity index (χ0) is 18.0. The summed E-state index contributed by atoms with van der Waals surface area (Å²) in [4.78, 5) is 39.9. The number of carbonyl (C=O) groups is 2. The van der Waals surface area contributed by atoms with E-state index in [0.717, 1.165) is 42.8 Å². The van der Waals surface area contributed by atoms with Crippen LogP contribution in [0.1, 0.15) is 31.3 Å². The third-order valence-electron chi connectivity index (χ3n) is 3.63. The van der Waals surface area contributed by atoms with Crippen molar-refractivity contribution in [2.24, 2.45) is 0 Å². The SMILES string of the molecule is COC(=O)c1cc(C(=O)Nc2nc3c(s2)CNCC3)cc([N+](=O)[O-])c1.Cl. The van der Waals surface area contributed by atoms with Crippen molar-refractivity contribution in [2.45, 2.75) is 13.0 Å². The molecule has 0 bridgehead atoms. The molecule has 0 unspecified atom stereocenters. The predicted molar refractivity (Wildman–Crippen MR) is 97.2 cm³/mol. The number of esters is 1. The van der Waals surface area contributed by atoms with E-state index in [1.807, 2.05) is 0 Å². The molecule has 26 heavy (non-hydrogen) atoms. The van der Waals surface area contributed by atoms with E-state index < -0.39 is 16.8 Å². The second-order valence-corrected chi connectivity index (χ2v) is 6.37. The lowest BCUT2D eigenvalue weighted by atomic mass is 10.1. The van der Waals surface area contributed by atoms with Crippen molar-refractivity contribution in [3.05, 3.63) is 50.0 Å². The molecule has 0 saturated carbocycles. The predicted octanol–water partition coefficient (Wildman–Crippen LogP) is 2.16. The van der Waals surface area contributed by atoms with E-state index in [0.29, 0.717) is 11.7 Å².